The second-order valence-corrected chi connectivity index (χ2v) is 9.43. The van der Waals surface area contributed by atoms with Crippen LogP contribution in [0.1, 0.15) is 33.1 Å². The average molecular weight is 353 g/mol. The summed E-state index contributed by atoms with van der Waals surface area (Å²) < 4.78 is 32.9. The van der Waals surface area contributed by atoms with Crippen LogP contribution in [0.15, 0.2) is 29.2 Å². The highest BCUT2D eigenvalue weighted by atomic mass is 32.2. The second-order valence-electron chi connectivity index (χ2n) is 7.49. The topological polar surface area (TPSA) is 72.6 Å². The smallest absolute Gasteiger partial charge is 0.243 e. The Bertz CT molecular complexity index is 657. The lowest BCUT2D eigenvalue weighted by atomic mass is 9.98. The molecule has 1 heterocycles. The van der Waals surface area contributed by atoms with Gasteiger partial charge in [0.2, 0.25) is 10.0 Å². The lowest BCUT2D eigenvalue weighted by molar-refractivity contribution is 0.289. The van der Waals surface area contributed by atoms with E-state index in [1.807, 2.05) is 0 Å². The van der Waals surface area contributed by atoms with Crippen molar-refractivity contribution in [3.63, 3.8) is 0 Å². The molecule has 0 bridgehead atoms. The molecule has 3 atom stereocenters. The van der Waals surface area contributed by atoms with Crippen molar-refractivity contribution >= 4 is 10.0 Å². The molecule has 5 nitrogen and oxygen atoms in total. The van der Waals surface area contributed by atoms with Crippen LogP contribution in [0, 0.1) is 17.8 Å². The van der Waals surface area contributed by atoms with Crippen LogP contribution in [-0.2, 0) is 10.0 Å². The summed E-state index contributed by atoms with van der Waals surface area (Å²) in [5.41, 5.74) is 6.11. The molecule has 2 N–H and O–H groups in total. The van der Waals surface area contributed by atoms with Crippen molar-refractivity contribution in [3.8, 4) is 5.75 Å². The first kappa shape index (κ1) is 17.7. The van der Waals surface area contributed by atoms with Crippen molar-refractivity contribution < 1.29 is 13.2 Å². The van der Waals surface area contributed by atoms with E-state index in [9.17, 15) is 8.42 Å². The van der Waals surface area contributed by atoms with Gasteiger partial charge in [-0.2, -0.15) is 4.31 Å². The van der Waals surface area contributed by atoms with Crippen LogP contribution in [0.5, 0.6) is 5.75 Å². The summed E-state index contributed by atoms with van der Waals surface area (Å²) in [6.07, 6.45) is 3.04. The van der Waals surface area contributed by atoms with Crippen LogP contribution in [0.4, 0.5) is 0 Å². The van der Waals surface area contributed by atoms with Crippen LogP contribution >= 0.6 is 0 Å². The summed E-state index contributed by atoms with van der Waals surface area (Å²) in [5.74, 6) is 2.05. The molecule has 1 aromatic carbocycles. The number of nitrogens with two attached hydrogens (primary N) is 1. The van der Waals surface area contributed by atoms with Crippen molar-refractivity contribution in [2.75, 3.05) is 19.7 Å². The number of ether oxygens (including phenoxy) is 1. The Hall–Kier alpha value is -1.11. The van der Waals surface area contributed by atoms with E-state index in [-0.39, 0.29) is 6.04 Å². The van der Waals surface area contributed by atoms with Gasteiger partial charge in [-0.3, -0.25) is 0 Å². The molecule has 1 saturated carbocycles. The first-order chi connectivity index (χ1) is 11.4. The third-order valence-electron chi connectivity index (χ3n) is 5.30. The van der Waals surface area contributed by atoms with Gasteiger partial charge in [-0.25, -0.2) is 8.42 Å². The maximum Gasteiger partial charge on any atom is 0.243 e. The van der Waals surface area contributed by atoms with E-state index in [0.29, 0.717) is 42.3 Å². The summed E-state index contributed by atoms with van der Waals surface area (Å²) in [4.78, 5) is 0.340. The zero-order chi connectivity index (χ0) is 17.3. The summed E-state index contributed by atoms with van der Waals surface area (Å²) in [6.45, 7) is 6.11. The predicted octanol–water partition coefficient (Wildman–Crippen LogP) is 2.47. The van der Waals surface area contributed by atoms with Crippen molar-refractivity contribution in [3.05, 3.63) is 24.3 Å². The fourth-order valence-corrected chi connectivity index (χ4v) is 5.27. The maximum absolute atomic E-state index is 12.8. The molecule has 3 unspecified atom stereocenters. The van der Waals surface area contributed by atoms with E-state index in [1.54, 1.807) is 28.6 Å². The maximum atomic E-state index is 12.8. The minimum Gasteiger partial charge on any atom is -0.494 e. The monoisotopic (exact) mass is 352 g/mol. The number of hydrogen-bond donors (Lipinski definition) is 1. The van der Waals surface area contributed by atoms with Gasteiger partial charge in [0.25, 0.3) is 0 Å². The van der Waals surface area contributed by atoms with Crippen LogP contribution in [0.2, 0.25) is 0 Å². The Balaban J connectivity index is 1.65. The molecule has 24 heavy (non-hydrogen) atoms. The molecule has 1 aliphatic heterocycles. The standard InChI is InChI=1S/C18H28N2O3S/c1-13(2)9-10-23-15-4-6-16(7-5-15)24(21,22)20-11-14-3-8-18(19)17(14)12-20/h4-7,13-14,17-18H,3,8-12,19H2,1-2H3. The summed E-state index contributed by atoms with van der Waals surface area (Å²) >= 11 is 0. The minimum absolute atomic E-state index is 0.145. The number of nitrogens with zero attached hydrogens (tertiary/aromatic N) is 1. The lowest BCUT2D eigenvalue weighted by Crippen LogP contribution is -2.33. The Kier molecular flexibility index (Phi) is 5.18. The van der Waals surface area contributed by atoms with E-state index in [2.05, 4.69) is 13.8 Å². The Labute approximate surface area is 145 Å². The molecule has 134 valence electrons. The van der Waals surface area contributed by atoms with E-state index in [4.69, 9.17) is 10.5 Å². The normalized spacial score (nSPS) is 27.6. The number of rotatable bonds is 6. The second kappa shape index (κ2) is 7.02. The van der Waals surface area contributed by atoms with Crippen molar-refractivity contribution in [1.82, 2.24) is 4.31 Å². The third-order valence-corrected chi connectivity index (χ3v) is 7.15. The fraction of sp³-hybridized carbons (Fsp3) is 0.667. The van der Waals surface area contributed by atoms with Gasteiger partial charge >= 0.3 is 0 Å². The molecule has 6 heteroatoms. The van der Waals surface area contributed by atoms with Crippen LogP contribution in [0.25, 0.3) is 0 Å². The molecular weight excluding hydrogens is 324 g/mol. The summed E-state index contributed by atoms with van der Waals surface area (Å²) in [6, 6.07) is 6.93. The lowest BCUT2D eigenvalue weighted by Gasteiger charge is -2.19. The Morgan fingerprint density at radius 2 is 1.92 bits per heavy atom. The number of benzene rings is 1. The highest BCUT2D eigenvalue weighted by Gasteiger charge is 2.44. The van der Waals surface area contributed by atoms with Crippen molar-refractivity contribution in [2.24, 2.45) is 23.5 Å². The highest BCUT2D eigenvalue weighted by Crippen LogP contribution is 2.39. The van der Waals surface area contributed by atoms with E-state index >= 15 is 0 Å². The van der Waals surface area contributed by atoms with Gasteiger partial charge in [0, 0.05) is 19.1 Å². The van der Waals surface area contributed by atoms with Gasteiger partial charge in [-0.05, 0) is 61.3 Å². The predicted molar refractivity (Wildman–Crippen MR) is 94.3 cm³/mol. The van der Waals surface area contributed by atoms with Gasteiger partial charge in [0.15, 0.2) is 0 Å². The zero-order valence-electron chi connectivity index (χ0n) is 14.5. The van der Waals surface area contributed by atoms with Gasteiger partial charge < -0.3 is 10.5 Å². The molecule has 3 rings (SSSR count). The number of hydrogen-bond acceptors (Lipinski definition) is 4. The van der Waals surface area contributed by atoms with E-state index in [1.165, 1.54) is 0 Å². The van der Waals surface area contributed by atoms with Gasteiger partial charge in [-0.1, -0.05) is 13.8 Å². The SMILES string of the molecule is CC(C)CCOc1ccc(S(=O)(=O)N2CC3CCC(N)C3C2)cc1. The molecule has 1 aromatic rings. The summed E-state index contributed by atoms with van der Waals surface area (Å²) in [7, 11) is -3.43. The number of fused-ring (bicyclic) bond motifs is 1. The fourth-order valence-electron chi connectivity index (χ4n) is 3.73. The molecule has 0 aromatic heterocycles. The molecule has 1 aliphatic carbocycles. The van der Waals surface area contributed by atoms with E-state index < -0.39 is 10.0 Å². The molecule has 2 fully saturated rings. The molecule has 2 aliphatic rings. The molecule has 1 saturated heterocycles. The van der Waals surface area contributed by atoms with E-state index in [0.717, 1.165) is 25.0 Å². The quantitative estimate of drug-likeness (QED) is 0.854. The first-order valence-corrected chi connectivity index (χ1v) is 10.3. The molecule has 0 spiro atoms. The van der Waals surface area contributed by atoms with Crippen LogP contribution < -0.4 is 10.5 Å². The van der Waals surface area contributed by atoms with Gasteiger partial charge in [0.05, 0.1) is 11.5 Å². The molecular formula is C18H28N2O3S. The third kappa shape index (κ3) is 3.60. The number of sulfonamides is 1. The summed E-state index contributed by atoms with van der Waals surface area (Å²) in [5, 5.41) is 0. The first-order valence-electron chi connectivity index (χ1n) is 8.86. The van der Waals surface area contributed by atoms with Crippen molar-refractivity contribution in [2.45, 2.75) is 44.0 Å². The van der Waals surface area contributed by atoms with Crippen molar-refractivity contribution in [1.29, 1.82) is 0 Å². The van der Waals surface area contributed by atoms with Crippen LogP contribution in [0.3, 0.4) is 0 Å². The Morgan fingerprint density at radius 1 is 1.21 bits per heavy atom. The molecule has 0 radical (unpaired) electrons. The van der Waals surface area contributed by atoms with Crippen LogP contribution in [-0.4, -0.2) is 38.5 Å². The van der Waals surface area contributed by atoms with Gasteiger partial charge in [-0.15, -0.1) is 0 Å². The zero-order valence-corrected chi connectivity index (χ0v) is 15.3. The minimum atomic E-state index is -3.43. The Morgan fingerprint density at radius 3 is 2.54 bits per heavy atom. The highest BCUT2D eigenvalue weighted by molar-refractivity contribution is 7.89. The molecule has 0 amide bonds. The largest absolute Gasteiger partial charge is 0.494 e. The average Bonchev–Trinajstić information content (AvgIpc) is 3.10. The van der Waals surface area contributed by atoms with Gasteiger partial charge in [0.1, 0.15) is 5.75 Å².